The molecule has 0 amide bonds. The lowest BCUT2D eigenvalue weighted by molar-refractivity contribution is -0.139. The molecule has 4 nitrogen and oxygen atoms in total. The molecule has 0 bridgehead atoms. The van der Waals surface area contributed by atoms with Gasteiger partial charge in [0.2, 0.25) is 0 Å². The maximum atomic E-state index is 13.3. The number of carboxylic acid groups (broad SMARTS) is 1. The maximum Gasteiger partial charge on any atom is 0.303 e. The monoisotopic (exact) mass is 278 g/mol. The second kappa shape index (κ2) is 5.23. The Hall–Kier alpha value is -1.91. The second-order valence-electron chi connectivity index (χ2n) is 5.82. The first-order valence-electron chi connectivity index (χ1n) is 6.69. The van der Waals surface area contributed by atoms with Crippen molar-refractivity contribution in [3.8, 4) is 0 Å². The molecule has 0 fully saturated rings. The molecule has 1 N–H and O–H groups in total. The van der Waals surface area contributed by atoms with Crippen molar-refractivity contribution < 1.29 is 14.3 Å². The quantitative estimate of drug-likeness (QED) is 0.913. The highest BCUT2D eigenvalue weighted by molar-refractivity contribution is 5.76. The number of aryl methyl sites for hydroxylation is 1. The number of aromatic nitrogens is 2. The first-order chi connectivity index (χ1) is 9.32. The molecular formula is C15H19FN2O2. The van der Waals surface area contributed by atoms with Crippen molar-refractivity contribution in [1.29, 1.82) is 0 Å². The zero-order valence-corrected chi connectivity index (χ0v) is 12.0. The molecule has 0 saturated carbocycles. The number of aliphatic carboxylic acids is 1. The van der Waals surface area contributed by atoms with Crippen LogP contribution in [0.1, 0.15) is 33.0 Å². The van der Waals surface area contributed by atoms with Crippen molar-refractivity contribution in [1.82, 2.24) is 9.55 Å². The molecule has 0 radical (unpaired) electrons. The van der Waals surface area contributed by atoms with Crippen LogP contribution in [0.2, 0.25) is 0 Å². The summed E-state index contributed by atoms with van der Waals surface area (Å²) in [5.41, 5.74) is 1.11. The zero-order chi connectivity index (χ0) is 14.9. The molecule has 0 aliphatic carbocycles. The summed E-state index contributed by atoms with van der Waals surface area (Å²) >= 11 is 0. The van der Waals surface area contributed by atoms with Crippen molar-refractivity contribution in [2.75, 3.05) is 0 Å². The Morgan fingerprint density at radius 1 is 1.45 bits per heavy atom. The van der Waals surface area contributed by atoms with Crippen LogP contribution in [0.25, 0.3) is 11.0 Å². The van der Waals surface area contributed by atoms with Gasteiger partial charge >= 0.3 is 5.97 Å². The van der Waals surface area contributed by atoms with Crippen molar-refractivity contribution in [3.63, 3.8) is 0 Å². The van der Waals surface area contributed by atoms with Gasteiger partial charge in [0, 0.05) is 19.0 Å². The number of benzene rings is 1. The Labute approximate surface area is 117 Å². The molecule has 0 unspecified atom stereocenters. The van der Waals surface area contributed by atoms with E-state index in [-0.39, 0.29) is 12.2 Å². The molecule has 0 aliphatic heterocycles. The van der Waals surface area contributed by atoms with E-state index in [1.807, 2.05) is 25.3 Å². The topological polar surface area (TPSA) is 55.1 Å². The summed E-state index contributed by atoms with van der Waals surface area (Å²) in [6, 6.07) is 4.55. The molecule has 1 heterocycles. The number of fused-ring (bicyclic) bond motifs is 1. The van der Waals surface area contributed by atoms with Crippen LogP contribution in [-0.4, -0.2) is 20.6 Å². The van der Waals surface area contributed by atoms with Crippen molar-refractivity contribution >= 4 is 17.0 Å². The molecule has 0 saturated heterocycles. The van der Waals surface area contributed by atoms with E-state index < -0.39 is 11.4 Å². The van der Waals surface area contributed by atoms with Gasteiger partial charge in [-0.1, -0.05) is 13.8 Å². The average Bonchev–Trinajstić information content (AvgIpc) is 2.62. The van der Waals surface area contributed by atoms with Crippen molar-refractivity contribution in [2.24, 2.45) is 5.41 Å². The molecular weight excluding hydrogens is 259 g/mol. The molecule has 0 aliphatic rings. The molecule has 5 heteroatoms. The van der Waals surface area contributed by atoms with Crippen LogP contribution in [0.4, 0.5) is 4.39 Å². The molecule has 1 aromatic carbocycles. The molecule has 2 aromatic rings. The van der Waals surface area contributed by atoms with E-state index >= 15 is 0 Å². The third-order valence-electron chi connectivity index (χ3n) is 3.37. The Balaban J connectivity index is 2.41. The highest BCUT2D eigenvalue weighted by atomic mass is 19.1. The minimum Gasteiger partial charge on any atom is -0.481 e. The summed E-state index contributed by atoms with van der Waals surface area (Å²) < 4.78 is 15.3. The number of hydrogen-bond acceptors (Lipinski definition) is 2. The highest BCUT2D eigenvalue weighted by Crippen LogP contribution is 2.28. The number of carbonyl (C=O) groups is 1. The summed E-state index contributed by atoms with van der Waals surface area (Å²) in [4.78, 5) is 15.4. The van der Waals surface area contributed by atoms with E-state index in [1.165, 1.54) is 12.1 Å². The van der Waals surface area contributed by atoms with E-state index in [9.17, 15) is 9.18 Å². The fourth-order valence-electron chi connectivity index (χ4n) is 2.54. The molecule has 108 valence electrons. The van der Waals surface area contributed by atoms with Gasteiger partial charge in [0.05, 0.1) is 17.5 Å². The van der Waals surface area contributed by atoms with Gasteiger partial charge in [0.15, 0.2) is 0 Å². The first kappa shape index (κ1) is 14.5. The molecule has 2 rings (SSSR count). The summed E-state index contributed by atoms with van der Waals surface area (Å²) in [5.74, 6) is -0.325. The second-order valence-corrected chi connectivity index (χ2v) is 5.82. The lowest BCUT2D eigenvalue weighted by Gasteiger charge is -2.22. The first-order valence-corrected chi connectivity index (χ1v) is 6.69. The van der Waals surface area contributed by atoms with Gasteiger partial charge in [-0.25, -0.2) is 9.37 Å². The van der Waals surface area contributed by atoms with E-state index in [4.69, 9.17) is 5.11 Å². The molecule has 0 atom stereocenters. The summed E-state index contributed by atoms with van der Waals surface area (Å²) in [6.45, 7) is 6.53. The van der Waals surface area contributed by atoms with Gasteiger partial charge in [0.25, 0.3) is 0 Å². The van der Waals surface area contributed by atoms with Gasteiger partial charge < -0.3 is 9.67 Å². The van der Waals surface area contributed by atoms with E-state index in [0.29, 0.717) is 11.9 Å². The van der Waals surface area contributed by atoms with Crippen LogP contribution in [0.15, 0.2) is 18.2 Å². The third-order valence-corrected chi connectivity index (χ3v) is 3.37. The van der Waals surface area contributed by atoms with Crippen LogP contribution >= 0.6 is 0 Å². The summed E-state index contributed by atoms with van der Waals surface area (Å²) in [6.07, 6.45) is 0.623. The Kier molecular flexibility index (Phi) is 3.79. The molecule has 0 spiro atoms. The minimum absolute atomic E-state index is 0.0777. The van der Waals surface area contributed by atoms with Crippen molar-refractivity contribution in [3.05, 3.63) is 29.8 Å². The Morgan fingerprint density at radius 2 is 2.15 bits per heavy atom. The van der Waals surface area contributed by atoms with E-state index in [2.05, 4.69) is 4.98 Å². The predicted octanol–water partition coefficient (Wildman–Crippen LogP) is 3.24. The van der Waals surface area contributed by atoms with Gasteiger partial charge in [-0.05, 0) is 24.5 Å². The predicted molar refractivity (Wildman–Crippen MR) is 75.1 cm³/mol. The summed E-state index contributed by atoms with van der Waals surface area (Å²) in [5, 5.41) is 8.95. The van der Waals surface area contributed by atoms with Gasteiger partial charge in [0.1, 0.15) is 11.6 Å². The fraction of sp³-hybridized carbons (Fsp3) is 0.467. The van der Waals surface area contributed by atoms with Crippen LogP contribution in [0.5, 0.6) is 0 Å². The Morgan fingerprint density at radius 3 is 2.75 bits per heavy atom. The smallest absolute Gasteiger partial charge is 0.303 e. The minimum atomic E-state index is -0.819. The average molecular weight is 278 g/mol. The van der Waals surface area contributed by atoms with E-state index in [1.54, 1.807) is 6.07 Å². The number of halogens is 1. The van der Waals surface area contributed by atoms with Crippen LogP contribution in [-0.2, 0) is 17.8 Å². The van der Waals surface area contributed by atoms with Crippen LogP contribution in [0, 0.1) is 11.2 Å². The lowest BCUT2D eigenvalue weighted by Crippen LogP contribution is -2.21. The Bertz CT molecular complexity index is 647. The number of rotatable bonds is 5. The highest BCUT2D eigenvalue weighted by Gasteiger charge is 2.25. The molecule has 1 aromatic heterocycles. The number of hydrogen-bond donors (Lipinski definition) is 1. The van der Waals surface area contributed by atoms with Crippen LogP contribution < -0.4 is 0 Å². The fourth-order valence-corrected chi connectivity index (χ4v) is 2.54. The number of imidazole rings is 1. The van der Waals surface area contributed by atoms with Crippen LogP contribution in [0.3, 0.4) is 0 Å². The van der Waals surface area contributed by atoms with Gasteiger partial charge in [-0.2, -0.15) is 0 Å². The van der Waals surface area contributed by atoms with E-state index in [0.717, 1.165) is 17.9 Å². The normalized spacial score (nSPS) is 12.0. The van der Waals surface area contributed by atoms with Crippen molar-refractivity contribution in [2.45, 2.75) is 40.2 Å². The lowest BCUT2D eigenvalue weighted by atomic mass is 9.85. The standard InChI is InChI=1S/C15H19FN2O2/c1-4-18-12-6-5-10(16)7-11(12)17-13(18)8-15(2,3)9-14(19)20/h5-7H,4,8-9H2,1-3H3,(H,19,20). The van der Waals surface area contributed by atoms with Gasteiger partial charge in [-0.3, -0.25) is 4.79 Å². The number of nitrogens with zero attached hydrogens (tertiary/aromatic N) is 2. The SMILES string of the molecule is CCn1c(CC(C)(C)CC(=O)O)nc2cc(F)ccc21. The number of carboxylic acids is 1. The van der Waals surface area contributed by atoms with Gasteiger partial charge in [-0.15, -0.1) is 0 Å². The zero-order valence-electron chi connectivity index (χ0n) is 12.0. The summed E-state index contributed by atoms with van der Waals surface area (Å²) in [7, 11) is 0. The maximum absolute atomic E-state index is 13.3. The third kappa shape index (κ3) is 2.98. The molecule has 20 heavy (non-hydrogen) atoms. The largest absolute Gasteiger partial charge is 0.481 e.